The topological polar surface area (TPSA) is 80.7 Å². The first-order valence-corrected chi connectivity index (χ1v) is 7.25. The molecule has 2 rings (SSSR count). The minimum absolute atomic E-state index is 0.00970. The predicted molar refractivity (Wildman–Crippen MR) is 87.1 cm³/mol. The quantitative estimate of drug-likeness (QED) is 0.729. The number of anilines is 1. The molecule has 1 aromatic carbocycles. The molecule has 23 heavy (non-hydrogen) atoms. The van der Waals surface area contributed by atoms with Crippen LogP contribution in [0.3, 0.4) is 0 Å². The molecule has 2 aromatic rings. The number of carboxylic acids is 1. The third-order valence-corrected chi connectivity index (χ3v) is 3.20. The second kappa shape index (κ2) is 8.14. The molecule has 0 aliphatic carbocycles. The maximum absolute atomic E-state index is 10.9. The Morgan fingerprint density at radius 1 is 1.26 bits per heavy atom. The molecule has 0 fully saturated rings. The lowest BCUT2D eigenvalue weighted by Crippen LogP contribution is -2.09. The van der Waals surface area contributed by atoms with Crippen LogP contribution in [0.1, 0.15) is 21.6 Å². The SMILES string of the molecule is COCCOc1cc(C)ccc1CNc1cccc(C(=O)O)n1. The first-order valence-electron chi connectivity index (χ1n) is 7.25. The molecule has 0 spiro atoms. The van der Waals surface area contributed by atoms with Crippen molar-refractivity contribution in [2.24, 2.45) is 0 Å². The van der Waals surface area contributed by atoms with Gasteiger partial charge in [-0.2, -0.15) is 0 Å². The first-order chi connectivity index (χ1) is 11.1. The zero-order chi connectivity index (χ0) is 16.7. The van der Waals surface area contributed by atoms with E-state index < -0.39 is 5.97 Å². The molecular formula is C17H20N2O4. The summed E-state index contributed by atoms with van der Waals surface area (Å²) in [5.74, 6) is 0.241. The van der Waals surface area contributed by atoms with Gasteiger partial charge in [-0.25, -0.2) is 9.78 Å². The van der Waals surface area contributed by atoms with Gasteiger partial charge in [-0.3, -0.25) is 0 Å². The molecule has 122 valence electrons. The minimum atomic E-state index is -1.05. The Bertz CT molecular complexity index is 673. The number of pyridine rings is 1. The van der Waals surface area contributed by atoms with Crippen molar-refractivity contribution < 1.29 is 19.4 Å². The van der Waals surface area contributed by atoms with E-state index in [-0.39, 0.29) is 5.69 Å². The van der Waals surface area contributed by atoms with Gasteiger partial charge in [-0.1, -0.05) is 18.2 Å². The first kappa shape index (κ1) is 16.8. The van der Waals surface area contributed by atoms with Crippen LogP contribution in [0.2, 0.25) is 0 Å². The average Bonchev–Trinajstić information content (AvgIpc) is 2.54. The number of aromatic carboxylic acids is 1. The molecule has 1 aromatic heterocycles. The van der Waals surface area contributed by atoms with Crippen molar-refractivity contribution in [3.8, 4) is 5.75 Å². The number of carbonyl (C=O) groups is 1. The lowest BCUT2D eigenvalue weighted by Gasteiger charge is -2.13. The van der Waals surface area contributed by atoms with Crippen LogP contribution in [0.25, 0.3) is 0 Å². The van der Waals surface area contributed by atoms with Crippen molar-refractivity contribution in [1.29, 1.82) is 0 Å². The number of aryl methyl sites for hydroxylation is 1. The van der Waals surface area contributed by atoms with Crippen LogP contribution in [-0.4, -0.2) is 36.4 Å². The van der Waals surface area contributed by atoms with E-state index >= 15 is 0 Å². The maximum atomic E-state index is 10.9. The van der Waals surface area contributed by atoms with Crippen molar-refractivity contribution in [2.45, 2.75) is 13.5 Å². The molecule has 0 unspecified atom stereocenters. The molecule has 0 aliphatic rings. The Hall–Kier alpha value is -2.60. The number of benzene rings is 1. The average molecular weight is 316 g/mol. The summed E-state index contributed by atoms with van der Waals surface area (Å²) in [4.78, 5) is 15.0. The number of methoxy groups -OCH3 is 1. The highest BCUT2D eigenvalue weighted by Gasteiger charge is 2.07. The summed E-state index contributed by atoms with van der Waals surface area (Å²) < 4.78 is 10.7. The molecule has 0 saturated heterocycles. The van der Waals surface area contributed by atoms with Crippen molar-refractivity contribution in [3.05, 3.63) is 53.2 Å². The third kappa shape index (κ3) is 4.96. The van der Waals surface area contributed by atoms with Crippen LogP contribution in [0.5, 0.6) is 5.75 Å². The van der Waals surface area contributed by atoms with Gasteiger partial charge in [0.1, 0.15) is 18.2 Å². The van der Waals surface area contributed by atoms with Gasteiger partial charge in [0.2, 0.25) is 0 Å². The summed E-state index contributed by atoms with van der Waals surface area (Å²) in [6.45, 7) is 3.47. The second-order valence-corrected chi connectivity index (χ2v) is 5.02. The Kier molecular flexibility index (Phi) is 5.94. The van der Waals surface area contributed by atoms with Crippen LogP contribution >= 0.6 is 0 Å². The standard InChI is InChI=1S/C17H20N2O4/c1-12-6-7-13(15(10-12)23-9-8-22-2)11-18-16-5-3-4-14(19-16)17(20)21/h3-7,10H,8-9,11H2,1-2H3,(H,18,19)(H,20,21). The van der Waals surface area contributed by atoms with E-state index in [0.29, 0.717) is 25.6 Å². The predicted octanol–water partition coefficient (Wildman–Crippen LogP) is 2.73. The van der Waals surface area contributed by atoms with E-state index in [9.17, 15) is 4.79 Å². The number of nitrogens with one attached hydrogen (secondary N) is 1. The molecule has 2 N–H and O–H groups in total. The Labute approximate surface area is 135 Å². The Balaban J connectivity index is 2.07. The molecule has 6 nitrogen and oxygen atoms in total. The van der Waals surface area contributed by atoms with E-state index in [1.165, 1.54) is 6.07 Å². The summed E-state index contributed by atoms with van der Waals surface area (Å²) in [6.07, 6.45) is 0. The molecule has 1 heterocycles. The minimum Gasteiger partial charge on any atom is -0.491 e. The van der Waals surface area contributed by atoms with Crippen molar-refractivity contribution in [3.63, 3.8) is 0 Å². The van der Waals surface area contributed by atoms with Crippen LogP contribution in [-0.2, 0) is 11.3 Å². The van der Waals surface area contributed by atoms with Crippen LogP contribution < -0.4 is 10.1 Å². The fraction of sp³-hybridized carbons (Fsp3) is 0.294. The summed E-state index contributed by atoms with van der Waals surface area (Å²) >= 11 is 0. The Morgan fingerprint density at radius 2 is 2.09 bits per heavy atom. The summed E-state index contributed by atoms with van der Waals surface area (Å²) in [5.41, 5.74) is 2.08. The van der Waals surface area contributed by atoms with E-state index in [4.69, 9.17) is 14.6 Å². The number of ether oxygens (including phenoxy) is 2. The smallest absolute Gasteiger partial charge is 0.354 e. The highest BCUT2D eigenvalue weighted by atomic mass is 16.5. The monoisotopic (exact) mass is 316 g/mol. The van der Waals surface area contributed by atoms with Gasteiger partial charge in [0.15, 0.2) is 5.69 Å². The van der Waals surface area contributed by atoms with Gasteiger partial charge >= 0.3 is 5.97 Å². The fourth-order valence-corrected chi connectivity index (χ4v) is 2.02. The molecular weight excluding hydrogens is 296 g/mol. The van der Waals surface area contributed by atoms with Gasteiger partial charge in [-0.15, -0.1) is 0 Å². The zero-order valence-corrected chi connectivity index (χ0v) is 13.2. The lowest BCUT2D eigenvalue weighted by atomic mass is 10.1. The van der Waals surface area contributed by atoms with Crippen LogP contribution in [0.15, 0.2) is 36.4 Å². The van der Waals surface area contributed by atoms with Crippen molar-refractivity contribution in [1.82, 2.24) is 4.98 Å². The fourth-order valence-electron chi connectivity index (χ4n) is 2.02. The number of rotatable bonds is 8. The van der Waals surface area contributed by atoms with Gasteiger partial charge in [-0.05, 0) is 30.7 Å². The number of hydrogen-bond donors (Lipinski definition) is 2. The van der Waals surface area contributed by atoms with Gasteiger partial charge in [0.25, 0.3) is 0 Å². The second-order valence-electron chi connectivity index (χ2n) is 5.02. The van der Waals surface area contributed by atoms with Crippen molar-refractivity contribution in [2.75, 3.05) is 25.6 Å². The van der Waals surface area contributed by atoms with Gasteiger partial charge in [0, 0.05) is 19.2 Å². The van der Waals surface area contributed by atoms with Crippen LogP contribution in [0, 0.1) is 6.92 Å². The lowest BCUT2D eigenvalue weighted by molar-refractivity contribution is 0.0690. The van der Waals surface area contributed by atoms with Crippen molar-refractivity contribution >= 4 is 11.8 Å². The highest BCUT2D eigenvalue weighted by molar-refractivity contribution is 5.85. The van der Waals surface area contributed by atoms with E-state index in [1.807, 2.05) is 25.1 Å². The molecule has 0 radical (unpaired) electrons. The summed E-state index contributed by atoms with van der Waals surface area (Å²) in [7, 11) is 1.63. The molecule has 0 bridgehead atoms. The molecule has 0 atom stereocenters. The van der Waals surface area contributed by atoms with Crippen LogP contribution in [0.4, 0.5) is 5.82 Å². The largest absolute Gasteiger partial charge is 0.491 e. The summed E-state index contributed by atoms with van der Waals surface area (Å²) in [5, 5.41) is 12.1. The normalized spacial score (nSPS) is 10.3. The molecule has 0 amide bonds. The number of nitrogens with zero attached hydrogens (tertiary/aromatic N) is 1. The number of hydrogen-bond acceptors (Lipinski definition) is 5. The third-order valence-electron chi connectivity index (χ3n) is 3.20. The molecule has 0 saturated carbocycles. The van der Waals surface area contributed by atoms with E-state index in [2.05, 4.69) is 10.3 Å². The maximum Gasteiger partial charge on any atom is 0.354 e. The number of carboxylic acid groups (broad SMARTS) is 1. The summed E-state index contributed by atoms with van der Waals surface area (Å²) in [6, 6.07) is 10.8. The number of aromatic nitrogens is 1. The van der Waals surface area contributed by atoms with E-state index in [1.54, 1.807) is 19.2 Å². The molecule has 0 aliphatic heterocycles. The van der Waals surface area contributed by atoms with Gasteiger partial charge in [0.05, 0.1) is 6.61 Å². The Morgan fingerprint density at radius 3 is 2.83 bits per heavy atom. The van der Waals surface area contributed by atoms with Gasteiger partial charge < -0.3 is 19.9 Å². The van der Waals surface area contributed by atoms with E-state index in [0.717, 1.165) is 16.9 Å². The highest BCUT2D eigenvalue weighted by Crippen LogP contribution is 2.21. The zero-order valence-electron chi connectivity index (χ0n) is 13.2. The molecule has 6 heteroatoms.